The van der Waals surface area contributed by atoms with Crippen LogP contribution in [0.4, 0.5) is 0 Å². The number of para-hydroxylation sites is 1. The highest BCUT2D eigenvalue weighted by Crippen LogP contribution is 2.22. The number of imidazole rings is 1. The van der Waals surface area contributed by atoms with E-state index in [0.717, 1.165) is 0 Å². The Morgan fingerprint density at radius 2 is 1.23 bits per heavy atom. The molecule has 27 heteroatoms. The molecule has 27 nitrogen and oxygen atoms in total. The zero-order valence-corrected chi connectivity index (χ0v) is 49.3. The molecular formula is C61H78N14O13. The van der Waals surface area contributed by atoms with Crippen LogP contribution in [-0.4, -0.2) is 169 Å². The molecule has 7 rings (SSSR count). The van der Waals surface area contributed by atoms with Crippen molar-refractivity contribution >= 4 is 75.9 Å². The van der Waals surface area contributed by atoms with Crippen molar-refractivity contribution in [2.45, 2.75) is 146 Å². The number of phenolic OH excluding ortho intramolecular Hbond substituents is 1. The molecule has 0 aliphatic carbocycles. The van der Waals surface area contributed by atoms with Gasteiger partial charge >= 0.3 is 0 Å². The van der Waals surface area contributed by atoms with Crippen LogP contribution in [0, 0.1) is 5.92 Å². The van der Waals surface area contributed by atoms with Crippen molar-refractivity contribution in [2.75, 3.05) is 19.7 Å². The Kier molecular flexibility index (Phi) is 23.7. The molecule has 0 saturated carbocycles. The van der Waals surface area contributed by atoms with E-state index in [9.17, 15) is 63.0 Å². The van der Waals surface area contributed by atoms with Gasteiger partial charge in [0.2, 0.25) is 65.0 Å². The van der Waals surface area contributed by atoms with Gasteiger partial charge in [-0.25, -0.2) is 4.98 Å². The molecule has 11 amide bonds. The third-order valence-corrected chi connectivity index (χ3v) is 15.2. The molecule has 2 aliphatic heterocycles. The number of aromatic nitrogens is 3. The number of aliphatic hydroxyl groups excluding tert-OH is 1. The molecule has 2 saturated heterocycles. The highest BCUT2D eigenvalue weighted by molar-refractivity contribution is 5.99. The summed E-state index contributed by atoms with van der Waals surface area (Å²) in [7, 11) is 0. The van der Waals surface area contributed by atoms with E-state index in [2.05, 4.69) is 62.8 Å². The minimum atomic E-state index is -1.78. The number of amides is 11. The first-order chi connectivity index (χ1) is 42.2. The molecule has 2 aliphatic rings. The summed E-state index contributed by atoms with van der Waals surface area (Å²) in [4.78, 5) is 163. The van der Waals surface area contributed by atoms with Crippen LogP contribution in [0.3, 0.4) is 0 Å². The fraction of sp³-hybridized carbons (Fsp3) is 0.443. The number of nitrogens with one attached hydrogen (secondary N) is 11. The van der Waals surface area contributed by atoms with Crippen LogP contribution < -0.4 is 53.6 Å². The van der Waals surface area contributed by atoms with Crippen molar-refractivity contribution in [2.24, 2.45) is 11.7 Å². The standard InChI is InChI=1S/C61H78N14O13/c1-4-64-60(87)50-15-10-24-75(50)61(88)43(20-22-51(62)78)68-54(81)44(25-34(2)3)69-55(82)45(26-35-11-6-5-7-12-35)70-56(83)46(27-36-16-18-39(77)19-17-36)71-59(86)49(32-76)74-57(84)47(28-37-30-65-41-14-9-8-13-40(37)41)72-58(85)48(29-38-31-63-33-66-38)73-53(80)42-21-23-52(79)67-42/h5-9,11-14,16-19,30-31,33-34,42-50,65,76-77H,4,10,15,20-29,32H2,1-3H3,(H2,62,78)(H,63,66)(H,64,87)(H,67,79)(H,68,81)(H,69,82)(H,70,83)(H,71,86)(H,72,85)(H,73,80)(H,74,84)/t42?,43-,44-,45+,46-,47-,48-,49-,50-/m0/s1. The quantitative estimate of drug-likeness (QED) is 0.0253. The number of primary amides is 1. The number of aromatic hydroxyl groups is 1. The van der Waals surface area contributed by atoms with Crippen molar-refractivity contribution in [3.63, 3.8) is 0 Å². The Morgan fingerprint density at radius 1 is 0.659 bits per heavy atom. The van der Waals surface area contributed by atoms with E-state index in [0.29, 0.717) is 52.7 Å². The van der Waals surface area contributed by atoms with Crippen LogP contribution in [0.1, 0.15) is 88.1 Å². The zero-order valence-electron chi connectivity index (χ0n) is 49.3. The largest absolute Gasteiger partial charge is 0.508 e. The topological polar surface area (TPSA) is 410 Å². The maximum Gasteiger partial charge on any atom is 0.245 e. The zero-order chi connectivity index (χ0) is 63.4. The predicted octanol–water partition coefficient (Wildman–Crippen LogP) is -1.03. The smallest absolute Gasteiger partial charge is 0.245 e. The lowest BCUT2D eigenvalue weighted by molar-refractivity contribution is -0.142. The highest BCUT2D eigenvalue weighted by atomic mass is 16.3. The maximum absolute atomic E-state index is 14.8. The Morgan fingerprint density at radius 3 is 1.82 bits per heavy atom. The Labute approximate surface area is 507 Å². The second-order valence-corrected chi connectivity index (χ2v) is 22.4. The van der Waals surface area contributed by atoms with Crippen molar-refractivity contribution in [3.05, 3.63) is 120 Å². The second kappa shape index (κ2) is 31.6. The van der Waals surface area contributed by atoms with Gasteiger partial charge in [0.05, 0.1) is 12.9 Å². The average Bonchev–Trinajstić information content (AvgIpc) is 4.57. The summed E-state index contributed by atoms with van der Waals surface area (Å²) in [5.74, 6) is -8.43. The van der Waals surface area contributed by atoms with Gasteiger partial charge in [-0.1, -0.05) is 74.5 Å². The van der Waals surface area contributed by atoms with Crippen molar-refractivity contribution in [3.8, 4) is 5.75 Å². The summed E-state index contributed by atoms with van der Waals surface area (Å²) in [5, 5.41) is 45.7. The number of hydrogen-bond donors (Lipinski definition) is 14. The van der Waals surface area contributed by atoms with Crippen LogP contribution in [0.15, 0.2) is 97.6 Å². The van der Waals surface area contributed by atoms with Crippen molar-refractivity contribution in [1.29, 1.82) is 0 Å². The molecule has 1 unspecified atom stereocenters. The Bertz CT molecular complexity index is 3270. The number of carbonyl (C=O) groups excluding carboxylic acids is 11. The number of phenols is 1. The lowest BCUT2D eigenvalue weighted by atomic mass is 9.99. The number of hydrogen-bond acceptors (Lipinski definition) is 14. The third-order valence-electron chi connectivity index (χ3n) is 15.2. The summed E-state index contributed by atoms with van der Waals surface area (Å²) in [6.45, 7) is 4.86. The van der Waals surface area contributed by atoms with Gasteiger partial charge in [0.1, 0.15) is 60.1 Å². The summed E-state index contributed by atoms with van der Waals surface area (Å²) >= 11 is 0. The number of carbonyl (C=O) groups is 11. The molecule has 2 aromatic heterocycles. The number of fused-ring (bicyclic) bond motifs is 1. The minimum absolute atomic E-state index is 0.0370. The fourth-order valence-electron chi connectivity index (χ4n) is 10.6. The molecule has 15 N–H and O–H groups in total. The van der Waals surface area contributed by atoms with E-state index in [4.69, 9.17) is 5.73 Å². The van der Waals surface area contributed by atoms with Crippen LogP contribution in [0.25, 0.3) is 10.9 Å². The van der Waals surface area contributed by atoms with Gasteiger partial charge < -0.3 is 78.7 Å². The maximum atomic E-state index is 14.8. The van der Waals surface area contributed by atoms with E-state index < -0.39 is 114 Å². The lowest BCUT2D eigenvalue weighted by Gasteiger charge is -2.30. The van der Waals surface area contributed by atoms with Gasteiger partial charge in [0.15, 0.2) is 0 Å². The second-order valence-electron chi connectivity index (χ2n) is 22.4. The van der Waals surface area contributed by atoms with Crippen molar-refractivity contribution in [1.82, 2.24) is 67.7 Å². The molecule has 9 atom stereocenters. The van der Waals surface area contributed by atoms with Gasteiger partial charge in [-0.2, -0.15) is 0 Å². The molecule has 470 valence electrons. The van der Waals surface area contributed by atoms with E-state index in [1.165, 1.54) is 41.7 Å². The van der Waals surface area contributed by atoms with E-state index in [1.54, 1.807) is 81.6 Å². The molecule has 4 heterocycles. The lowest BCUT2D eigenvalue weighted by Crippen LogP contribution is -2.61. The molecule has 3 aromatic carbocycles. The number of H-pyrrole nitrogens is 2. The Hall–Kier alpha value is -9.66. The highest BCUT2D eigenvalue weighted by Gasteiger charge is 2.40. The van der Waals surface area contributed by atoms with Crippen LogP contribution >= 0.6 is 0 Å². The number of rotatable bonds is 31. The number of benzene rings is 3. The summed E-state index contributed by atoms with van der Waals surface area (Å²) < 4.78 is 0. The van der Waals surface area contributed by atoms with Crippen LogP contribution in [0.5, 0.6) is 5.75 Å². The van der Waals surface area contributed by atoms with Gasteiger partial charge in [0.25, 0.3) is 0 Å². The molecule has 0 bridgehead atoms. The number of aliphatic hydroxyl groups is 1. The minimum Gasteiger partial charge on any atom is -0.508 e. The van der Waals surface area contributed by atoms with Crippen molar-refractivity contribution < 1.29 is 63.0 Å². The number of nitrogens with zero attached hydrogens (tertiary/aromatic N) is 2. The molecule has 0 radical (unpaired) electrons. The van der Waals surface area contributed by atoms with E-state index >= 15 is 0 Å². The number of nitrogens with two attached hydrogens (primary N) is 1. The number of likely N-dealkylation sites (N-methyl/N-ethyl adjacent to an activating group) is 1. The predicted molar refractivity (Wildman–Crippen MR) is 319 cm³/mol. The van der Waals surface area contributed by atoms with Crippen LogP contribution in [0.2, 0.25) is 0 Å². The third kappa shape index (κ3) is 18.7. The van der Waals surface area contributed by atoms with Crippen LogP contribution in [-0.2, 0) is 78.4 Å². The Balaban J connectivity index is 1.13. The molecular weight excluding hydrogens is 1140 g/mol. The van der Waals surface area contributed by atoms with Gasteiger partial charge in [-0.15, -0.1) is 0 Å². The molecule has 0 spiro atoms. The van der Waals surface area contributed by atoms with Gasteiger partial charge in [0, 0.05) is 80.6 Å². The summed E-state index contributed by atoms with van der Waals surface area (Å²) in [6.07, 6.45) is 4.51. The average molecular weight is 1220 g/mol. The number of likely N-dealkylation sites (tertiary alicyclic amines) is 1. The molecule has 2 fully saturated rings. The molecule has 5 aromatic rings. The first-order valence-electron chi connectivity index (χ1n) is 29.4. The van der Waals surface area contributed by atoms with E-state index in [-0.39, 0.29) is 87.8 Å². The summed E-state index contributed by atoms with van der Waals surface area (Å²) in [5.41, 5.74) is 8.22. The normalized spacial score (nSPS) is 17.0. The number of aromatic amines is 2. The first-order valence-corrected chi connectivity index (χ1v) is 29.4. The molecule has 88 heavy (non-hydrogen) atoms. The van der Waals surface area contributed by atoms with Gasteiger partial charge in [-0.05, 0) is 79.8 Å². The fourth-order valence-corrected chi connectivity index (χ4v) is 10.6. The summed E-state index contributed by atoms with van der Waals surface area (Å²) in [6, 6.07) is 9.50. The first kappa shape index (κ1) is 65.9. The SMILES string of the molecule is CCNC(=O)[C@@H]1CCCN1C(=O)[C@H](CCC(N)=O)NC(=O)[C@H](CC(C)C)NC(=O)[C@@H](Cc1ccccc1)NC(=O)[C@H](Cc1ccc(O)cc1)NC(=O)[C@H](CO)NC(=O)[C@H](Cc1c[nH]c2ccccc12)NC(=O)[C@H](Cc1cnc[nH]1)NC(=O)C1CCC(=O)N1. The van der Waals surface area contributed by atoms with E-state index in [1.807, 2.05) is 0 Å². The van der Waals surface area contributed by atoms with Gasteiger partial charge in [-0.3, -0.25) is 52.7 Å². The monoisotopic (exact) mass is 1210 g/mol.